The molecule has 6 heteroatoms. The van der Waals surface area contributed by atoms with E-state index in [4.69, 9.17) is 9.40 Å². The first-order valence-corrected chi connectivity index (χ1v) is 11.1. The van der Waals surface area contributed by atoms with Gasteiger partial charge in [-0.3, -0.25) is 4.79 Å². The zero-order valence-corrected chi connectivity index (χ0v) is 18.9. The van der Waals surface area contributed by atoms with Crippen molar-refractivity contribution in [1.29, 1.82) is 0 Å². The smallest absolute Gasteiger partial charge is 0.254 e. The number of rotatable bonds is 6. The van der Waals surface area contributed by atoms with Gasteiger partial charge < -0.3 is 20.0 Å². The number of nitrogens with zero attached hydrogens (tertiary/aromatic N) is 2. The third-order valence-electron chi connectivity index (χ3n) is 6.21. The highest BCUT2D eigenvalue weighted by molar-refractivity contribution is 5.95. The second kappa shape index (κ2) is 9.00. The van der Waals surface area contributed by atoms with Gasteiger partial charge in [0.25, 0.3) is 5.91 Å². The van der Waals surface area contributed by atoms with E-state index in [0.29, 0.717) is 29.8 Å². The molecule has 2 aromatic heterocycles. The van der Waals surface area contributed by atoms with Gasteiger partial charge in [-0.15, -0.1) is 0 Å². The lowest BCUT2D eigenvalue weighted by Crippen LogP contribution is -2.34. The van der Waals surface area contributed by atoms with Gasteiger partial charge in [0.1, 0.15) is 17.3 Å². The van der Waals surface area contributed by atoms with Crippen LogP contribution in [0.5, 0.6) is 0 Å². The number of para-hydroxylation sites is 1. The lowest BCUT2D eigenvalue weighted by Gasteiger charge is -2.30. The second-order valence-corrected chi connectivity index (χ2v) is 8.84. The van der Waals surface area contributed by atoms with Crippen molar-refractivity contribution in [2.24, 2.45) is 5.92 Å². The molecule has 1 amide bonds. The summed E-state index contributed by atoms with van der Waals surface area (Å²) in [5.41, 5.74) is 2.83. The number of anilines is 2. The highest BCUT2D eigenvalue weighted by Gasteiger charge is 2.23. The molecule has 31 heavy (non-hydrogen) atoms. The topological polar surface area (TPSA) is 70.4 Å². The molecule has 0 saturated heterocycles. The lowest BCUT2D eigenvalue weighted by atomic mass is 9.86. The molecule has 0 aliphatic heterocycles. The van der Waals surface area contributed by atoms with Crippen LogP contribution in [0.1, 0.15) is 47.6 Å². The van der Waals surface area contributed by atoms with E-state index in [2.05, 4.69) is 53.9 Å². The number of hydrogen-bond acceptors (Lipinski definition) is 5. The number of amides is 1. The van der Waals surface area contributed by atoms with Gasteiger partial charge in [-0.2, -0.15) is 0 Å². The molecule has 1 aliphatic carbocycles. The average Bonchev–Trinajstić information content (AvgIpc) is 3.10. The number of pyridine rings is 1. The van der Waals surface area contributed by atoms with Crippen molar-refractivity contribution in [3.63, 3.8) is 0 Å². The number of hydrogen-bond donors (Lipinski definition) is 2. The van der Waals surface area contributed by atoms with Crippen molar-refractivity contribution in [1.82, 2.24) is 10.3 Å². The molecule has 2 N–H and O–H groups in total. The summed E-state index contributed by atoms with van der Waals surface area (Å²) in [5, 5.41) is 7.91. The fourth-order valence-electron chi connectivity index (χ4n) is 4.51. The molecule has 0 atom stereocenters. The van der Waals surface area contributed by atoms with Crippen molar-refractivity contribution in [3.05, 3.63) is 53.5 Å². The molecular formula is C25H32N4O2. The second-order valence-electron chi connectivity index (χ2n) is 8.84. The van der Waals surface area contributed by atoms with E-state index in [1.54, 1.807) is 0 Å². The first-order chi connectivity index (χ1) is 14.9. The summed E-state index contributed by atoms with van der Waals surface area (Å²) in [7, 11) is 4.13. The van der Waals surface area contributed by atoms with E-state index in [1.165, 1.54) is 11.1 Å². The summed E-state index contributed by atoms with van der Waals surface area (Å²) in [6.45, 7) is 4.42. The molecule has 0 bridgehead atoms. The zero-order chi connectivity index (χ0) is 22.0. The number of aryl methyl sites for hydroxylation is 2. The summed E-state index contributed by atoms with van der Waals surface area (Å²) < 4.78 is 5.47. The maximum absolute atomic E-state index is 12.4. The summed E-state index contributed by atoms with van der Waals surface area (Å²) >= 11 is 0. The van der Waals surface area contributed by atoms with E-state index in [9.17, 15) is 4.79 Å². The minimum atomic E-state index is -0.0359. The number of furan rings is 1. The Morgan fingerprint density at radius 3 is 2.55 bits per heavy atom. The molecule has 3 aromatic rings. The molecule has 0 unspecified atom stereocenters. The van der Waals surface area contributed by atoms with E-state index in [-0.39, 0.29) is 5.91 Å². The highest BCUT2D eigenvalue weighted by atomic mass is 16.3. The monoisotopic (exact) mass is 420 g/mol. The van der Waals surface area contributed by atoms with E-state index >= 15 is 0 Å². The molecule has 164 valence electrons. The maximum atomic E-state index is 12.4. The van der Waals surface area contributed by atoms with Gasteiger partial charge >= 0.3 is 0 Å². The predicted octanol–water partition coefficient (Wildman–Crippen LogP) is 4.91. The van der Waals surface area contributed by atoms with Crippen molar-refractivity contribution in [2.45, 2.75) is 45.6 Å². The largest absolute Gasteiger partial charge is 0.466 e. The van der Waals surface area contributed by atoms with Gasteiger partial charge in [0, 0.05) is 43.8 Å². The number of carbonyl (C=O) groups excluding carboxylic acids is 1. The third-order valence-corrected chi connectivity index (χ3v) is 6.21. The van der Waals surface area contributed by atoms with Crippen LogP contribution >= 0.6 is 0 Å². The summed E-state index contributed by atoms with van der Waals surface area (Å²) in [5.74, 6) is 2.87. The van der Waals surface area contributed by atoms with E-state index in [1.807, 2.05) is 26.0 Å². The number of benzene rings is 1. The fraction of sp³-hybridized carbons (Fsp3) is 0.440. The van der Waals surface area contributed by atoms with Crippen molar-refractivity contribution >= 4 is 28.3 Å². The van der Waals surface area contributed by atoms with Gasteiger partial charge in [0.2, 0.25) is 0 Å². The molecule has 4 rings (SSSR count). The molecular weight excluding hydrogens is 388 g/mol. The van der Waals surface area contributed by atoms with Gasteiger partial charge in [0.15, 0.2) is 0 Å². The molecule has 1 saturated carbocycles. The van der Waals surface area contributed by atoms with Crippen LogP contribution in [0.4, 0.5) is 11.5 Å². The fourth-order valence-corrected chi connectivity index (χ4v) is 4.51. The summed E-state index contributed by atoms with van der Waals surface area (Å²) in [4.78, 5) is 19.4. The molecule has 0 spiro atoms. The minimum absolute atomic E-state index is 0.0359. The number of nitrogens with one attached hydrogen (secondary N) is 2. The summed E-state index contributed by atoms with van der Waals surface area (Å²) in [6, 6.07) is 12.6. The Bertz CT molecular complexity index is 1060. The van der Waals surface area contributed by atoms with Gasteiger partial charge in [-0.25, -0.2) is 4.98 Å². The van der Waals surface area contributed by atoms with Crippen molar-refractivity contribution in [2.75, 3.05) is 30.9 Å². The van der Waals surface area contributed by atoms with Crippen LogP contribution in [0.15, 0.2) is 40.8 Å². The Morgan fingerprint density at radius 1 is 1.13 bits per heavy atom. The Labute approximate surface area is 184 Å². The average molecular weight is 421 g/mol. The van der Waals surface area contributed by atoms with E-state index < -0.39 is 0 Å². The Balaban J connectivity index is 1.32. The van der Waals surface area contributed by atoms with Crippen LogP contribution in [-0.2, 0) is 0 Å². The minimum Gasteiger partial charge on any atom is -0.466 e. The highest BCUT2D eigenvalue weighted by Crippen LogP contribution is 2.30. The Hall–Kier alpha value is -3.02. The van der Waals surface area contributed by atoms with Crippen LogP contribution < -0.4 is 15.5 Å². The predicted molar refractivity (Wildman–Crippen MR) is 126 cm³/mol. The molecule has 1 aromatic carbocycles. The van der Waals surface area contributed by atoms with Crippen LogP contribution in [0.3, 0.4) is 0 Å². The molecule has 0 radical (unpaired) electrons. The molecule has 1 fully saturated rings. The normalized spacial score (nSPS) is 18.7. The zero-order valence-electron chi connectivity index (χ0n) is 18.9. The van der Waals surface area contributed by atoms with Crippen LogP contribution in [0.25, 0.3) is 10.9 Å². The van der Waals surface area contributed by atoms with E-state index in [0.717, 1.165) is 42.8 Å². The van der Waals surface area contributed by atoms with Crippen molar-refractivity contribution < 1.29 is 9.21 Å². The molecule has 1 aliphatic rings. The van der Waals surface area contributed by atoms with Crippen LogP contribution in [-0.4, -0.2) is 37.6 Å². The maximum Gasteiger partial charge on any atom is 0.254 e. The molecule has 2 heterocycles. The van der Waals surface area contributed by atoms with Gasteiger partial charge in [0.05, 0.1) is 11.1 Å². The quantitative estimate of drug-likeness (QED) is 0.593. The first kappa shape index (κ1) is 21.2. The lowest BCUT2D eigenvalue weighted by molar-refractivity contribution is 0.0941. The summed E-state index contributed by atoms with van der Waals surface area (Å²) in [6.07, 6.45) is 4.34. The molecule has 6 nitrogen and oxygen atoms in total. The Kier molecular flexibility index (Phi) is 6.16. The van der Waals surface area contributed by atoms with Gasteiger partial charge in [-0.1, -0.05) is 18.2 Å². The van der Waals surface area contributed by atoms with Crippen LogP contribution in [0, 0.1) is 19.8 Å². The standard InChI is InChI=1S/C25H32N4O2/c1-16-13-21(17(2)31-16)25(30)26-15-18-9-11-19(12-10-18)27-24-14-23(29(3)4)20-7-5-6-8-22(20)28-24/h5-8,13-14,18-19H,9-12,15H2,1-4H3,(H,26,30)(H,27,28)/t18-,19+. The Morgan fingerprint density at radius 2 is 1.87 bits per heavy atom. The van der Waals surface area contributed by atoms with Crippen LogP contribution in [0.2, 0.25) is 0 Å². The number of aromatic nitrogens is 1. The SMILES string of the molecule is Cc1cc(C(=O)NC[C@H]2CC[C@@H](Nc3cc(N(C)C)c4ccccc4n3)CC2)c(C)o1. The number of carbonyl (C=O) groups is 1. The first-order valence-electron chi connectivity index (χ1n) is 11.1. The van der Waals surface area contributed by atoms with Crippen molar-refractivity contribution in [3.8, 4) is 0 Å². The third kappa shape index (κ3) is 4.84. The number of fused-ring (bicyclic) bond motifs is 1. The van der Waals surface area contributed by atoms with Gasteiger partial charge in [-0.05, 0) is 57.6 Å².